The first-order chi connectivity index (χ1) is 28.7. The first-order valence-corrected chi connectivity index (χ1v) is 15.0. The molecule has 8 aromatic carbocycles. The zero-order chi connectivity index (χ0) is 42.5. The standard InChI is InChI=1S/C45H30N2/c1-3-16-31(17-4-1)33-20-15-21-34(30-33)43-35-22-7-9-24-37(35)44(38-25-10-8-23-36(38)43)39-26-11-13-28-41(39)47-42-29-14-12-27-40(42)46-45(47)32-18-5-2-6-19-32/h1-30H/i1D,3D,4D,7D,8D,9D,10D,16D,17D,22D,23D,24D,25D. The van der Waals surface area contributed by atoms with Gasteiger partial charge in [-0.15, -0.1) is 0 Å². The zero-order valence-electron chi connectivity index (χ0n) is 37.7. The molecule has 0 radical (unpaired) electrons. The molecule has 0 unspecified atom stereocenters. The molecular formula is C45H30N2. The van der Waals surface area contributed by atoms with Gasteiger partial charge >= 0.3 is 0 Å². The van der Waals surface area contributed by atoms with Crippen LogP contribution in [0.1, 0.15) is 17.8 Å². The van der Waals surface area contributed by atoms with Crippen molar-refractivity contribution in [2.45, 2.75) is 0 Å². The molecule has 9 rings (SSSR count). The minimum absolute atomic E-state index is 0.000116. The molecule has 2 heteroatoms. The molecule has 1 aromatic heterocycles. The van der Waals surface area contributed by atoms with Gasteiger partial charge in [0.1, 0.15) is 5.82 Å². The molecule has 0 N–H and O–H groups in total. The summed E-state index contributed by atoms with van der Waals surface area (Å²) in [5.74, 6) is 0.572. The van der Waals surface area contributed by atoms with Crippen molar-refractivity contribution in [2.24, 2.45) is 0 Å². The maximum absolute atomic E-state index is 9.51. The van der Waals surface area contributed by atoms with Gasteiger partial charge in [0.15, 0.2) is 0 Å². The average Bonchev–Trinajstić information content (AvgIpc) is 3.66. The Morgan fingerprint density at radius 1 is 0.447 bits per heavy atom. The molecule has 2 nitrogen and oxygen atoms in total. The van der Waals surface area contributed by atoms with E-state index in [1.165, 1.54) is 6.07 Å². The number of nitrogens with zero attached hydrogens (tertiary/aromatic N) is 2. The van der Waals surface area contributed by atoms with E-state index in [0.717, 1.165) is 11.1 Å². The lowest BCUT2D eigenvalue weighted by atomic mass is 9.85. The van der Waals surface area contributed by atoms with Gasteiger partial charge in [-0.05, 0) is 73.6 Å². The van der Waals surface area contributed by atoms with Crippen LogP contribution in [-0.4, -0.2) is 9.55 Å². The Morgan fingerprint density at radius 2 is 1.02 bits per heavy atom. The van der Waals surface area contributed by atoms with Gasteiger partial charge in [0.05, 0.1) is 34.5 Å². The van der Waals surface area contributed by atoms with Crippen molar-refractivity contribution in [3.8, 4) is 50.5 Å². The van der Waals surface area contributed by atoms with E-state index < -0.39 is 78.6 Å². The second kappa shape index (κ2) is 11.3. The van der Waals surface area contributed by atoms with E-state index in [1.807, 2.05) is 71.3 Å². The lowest BCUT2D eigenvalue weighted by Gasteiger charge is -2.21. The quantitative estimate of drug-likeness (QED) is 0.177. The SMILES string of the molecule is [2H]c1c([2H])c([2H])c(-c2cccc(-c3c4c([2H])c([2H])c([2H])c([2H])c4c(-c4ccccc4-n4c(-c5ccccc5)nc5ccccc54)c4c([2H])c([2H])c([2H])c([2H])c34)c2)c([2H])c1[2H]. The Hall–Kier alpha value is -6.25. The molecule has 0 fully saturated rings. The summed E-state index contributed by atoms with van der Waals surface area (Å²) in [6.07, 6.45) is 0. The normalized spacial score (nSPS) is 15.3. The van der Waals surface area contributed by atoms with E-state index in [2.05, 4.69) is 0 Å². The summed E-state index contributed by atoms with van der Waals surface area (Å²) in [6.45, 7) is 0. The fraction of sp³-hybridized carbons (Fsp3) is 0. The molecule has 1 heterocycles. The minimum Gasteiger partial charge on any atom is -0.292 e. The van der Waals surface area contributed by atoms with Crippen LogP contribution in [-0.2, 0) is 0 Å². The molecule has 0 spiro atoms. The second-order valence-electron chi connectivity index (χ2n) is 11.0. The van der Waals surface area contributed by atoms with Crippen LogP contribution in [0.2, 0.25) is 0 Å². The monoisotopic (exact) mass is 611 g/mol. The van der Waals surface area contributed by atoms with Crippen LogP contribution in [0.15, 0.2) is 182 Å². The first kappa shape index (κ1) is 16.9. The van der Waals surface area contributed by atoms with E-state index in [4.69, 9.17) is 17.3 Å². The fourth-order valence-electron chi connectivity index (χ4n) is 6.34. The van der Waals surface area contributed by atoms with Crippen LogP contribution >= 0.6 is 0 Å². The van der Waals surface area contributed by atoms with E-state index in [1.54, 1.807) is 30.3 Å². The first-order valence-electron chi connectivity index (χ1n) is 21.5. The van der Waals surface area contributed by atoms with Gasteiger partial charge in [-0.25, -0.2) is 4.98 Å². The summed E-state index contributed by atoms with van der Waals surface area (Å²) in [5.41, 5.74) is 3.67. The van der Waals surface area contributed by atoms with Crippen molar-refractivity contribution in [3.05, 3.63) is 182 Å². The predicted molar refractivity (Wildman–Crippen MR) is 198 cm³/mol. The highest BCUT2D eigenvalue weighted by molar-refractivity contribution is 6.22. The molecule has 47 heavy (non-hydrogen) atoms. The lowest BCUT2D eigenvalue weighted by Crippen LogP contribution is -2.01. The highest BCUT2D eigenvalue weighted by Gasteiger charge is 2.21. The third kappa shape index (κ3) is 4.54. The van der Waals surface area contributed by atoms with Crippen LogP contribution in [0.25, 0.3) is 83.0 Å². The van der Waals surface area contributed by atoms with Crippen LogP contribution < -0.4 is 0 Å². The van der Waals surface area contributed by atoms with E-state index in [-0.39, 0.29) is 49.4 Å². The summed E-state index contributed by atoms with van der Waals surface area (Å²) in [5, 5.41) is -0.0552. The van der Waals surface area contributed by atoms with Gasteiger partial charge < -0.3 is 0 Å². The molecule has 0 saturated heterocycles. The molecule has 9 aromatic rings. The maximum atomic E-state index is 9.51. The molecular weight excluding hydrogens is 569 g/mol. The number of imidazole rings is 1. The van der Waals surface area contributed by atoms with Crippen molar-refractivity contribution in [1.82, 2.24) is 9.55 Å². The Kier molecular flexibility index (Phi) is 4.05. The molecule has 0 aliphatic carbocycles. The number of para-hydroxylation sites is 3. The third-order valence-corrected chi connectivity index (χ3v) is 8.32. The summed E-state index contributed by atoms with van der Waals surface area (Å²) in [7, 11) is 0. The zero-order valence-corrected chi connectivity index (χ0v) is 24.7. The second-order valence-corrected chi connectivity index (χ2v) is 11.0. The summed E-state index contributed by atoms with van der Waals surface area (Å²) in [4.78, 5) is 5.01. The molecule has 0 atom stereocenters. The van der Waals surface area contributed by atoms with Gasteiger partial charge in [0.2, 0.25) is 0 Å². The molecule has 0 aliphatic rings. The summed E-state index contributed by atoms with van der Waals surface area (Å²) >= 11 is 0. The topological polar surface area (TPSA) is 17.8 Å². The fourth-order valence-corrected chi connectivity index (χ4v) is 6.34. The van der Waals surface area contributed by atoms with Crippen molar-refractivity contribution in [1.29, 1.82) is 0 Å². The number of hydrogen-bond acceptors (Lipinski definition) is 1. The van der Waals surface area contributed by atoms with Crippen LogP contribution in [0.4, 0.5) is 0 Å². The highest BCUT2D eigenvalue weighted by atomic mass is 15.1. The van der Waals surface area contributed by atoms with Gasteiger partial charge in [-0.1, -0.05) is 157 Å². The van der Waals surface area contributed by atoms with Crippen molar-refractivity contribution in [3.63, 3.8) is 0 Å². The summed E-state index contributed by atoms with van der Waals surface area (Å²) in [6, 6.07) is 23.9. The molecule has 0 saturated carbocycles. The molecule has 0 bridgehead atoms. The van der Waals surface area contributed by atoms with Crippen molar-refractivity contribution in [2.75, 3.05) is 0 Å². The minimum atomic E-state index is -0.568. The highest BCUT2D eigenvalue weighted by Crippen LogP contribution is 2.46. The third-order valence-electron chi connectivity index (χ3n) is 8.32. The van der Waals surface area contributed by atoms with Crippen LogP contribution in [0.3, 0.4) is 0 Å². The molecule has 0 aliphatic heterocycles. The van der Waals surface area contributed by atoms with Crippen LogP contribution in [0, 0.1) is 0 Å². The number of aromatic nitrogens is 2. The van der Waals surface area contributed by atoms with Gasteiger partial charge in [0.25, 0.3) is 0 Å². The lowest BCUT2D eigenvalue weighted by molar-refractivity contribution is 1.10. The van der Waals surface area contributed by atoms with Gasteiger partial charge in [-0.2, -0.15) is 0 Å². The number of rotatable bonds is 5. The van der Waals surface area contributed by atoms with Gasteiger partial charge in [0, 0.05) is 11.1 Å². The van der Waals surface area contributed by atoms with Crippen molar-refractivity contribution < 1.29 is 17.8 Å². The maximum Gasteiger partial charge on any atom is 0.145 e. The number of benzene rings is 8. The number of hydrogen-bond donors (Lipinski definition) is 0. The van der Waals surface area contributed by atoms with Crippen molar-refractivity contribution >= 4 is 32.6 Å². The average molecular weight is 612 g/mol. The largest absolute Gasteiger partial charge is 0.292 e. The Labute approximate surface area is 292 Å². The predicted octanol–water partition coefficient (Wildman–Crippen LogP) is 12.0. The summed E-state index contributed by atoms with van der Waals surface area (Å²) < 4.78 is 118. The van der Waals surface area contributed by atoms with Gasteiger partial charge in [-0.3, -0.25) is 4.57 Å². The van der Waals surface area contributed by atoms with Crippen LogP contribution in [0.5, 0.6) is 0 Å². The Morgan fingerprint density at radius 3 is 1.77 bits per heavy atom. The van der Waals surface area contributed by atoms with E-state index >= 15 is 0 Å². The smallest absolute Gasteiger partial charge is 0.145 e. The Balaban J connectivity index is 1.49. The Bertz CT molecular complexity index is 3200. The molecule has 0 amide bonds. The molecule has 220 valence electrons. The van der Waals surface area contributed by atoms with E-state index in [9.17, 15) is 5.48 Å². The van der Waals surface area contributed by atoms with E-state index in [0.29, 0.717) is 22.6 Å². The number of fused-ring (bicyclic) bond motifs is 3.